The van der Waals surface area contributed by atoms with E-state index in [2.05, 4.69) is 15.3 Å². The maximum Gasteiger partial charge on any atom is 0.314 e. The maximum atomic E-state index is 11.0. The van der Waals surface area contributed by atoms with Gasteiger partial charge >= 0.3 is 5.69 Å². The number of hydrogen-bond acceptors (Lipinski definition) is 6. The van der Waals surface area contributed by atoms with Crippen LogP contribution in [0.15, 0.2) is 17.6 Å². The summed E-state index contributed by atoms with van der Waals surface area (Å²) in [7, 11) is 0. The first-order valence-corrected chi connectivity index (χ1v) is 6.88. The van der Waals surface area contributed by atoms with Crippen molar-refractivity contribution in [3.05, 3.63) is 32.8 Å². The fourth-order valence-electron chi connectivity index (χ4n) is 1.46. The molecule has 2 rings (SSSR count). The summed E-state index contributed by atoms with van der Waals surface area (Å²) in [6.45, 7) is 2.71. The van der Waals surface area contributed by atoms with Crippen LogP contribution in [0.4, 0.5) is 11.6 Å². The molecule has 0 fully saturated rings. The van der Waals surface area contributed by atoms with E-state index in [4.69, 9.17) is 11.6 Å². The third-order valence-corrected chi connectivity index (χ3v) is 3.68. The number of thiophene rings is 1. The predicted octanol–water partition coefficient (Wildman–Crippen LogP) is 3.59. The number of hydrogen-bond donors (Lipinski definition) is 1. The molecule has 0 amide bonds. The third kappa shape index (κ3) is 2.99. The van der Waals surface area contributed by atoms with Gasteiger partial charge in [0.25, 0.3) is 0 Å². The monoisotopic (exact) mass is 298 g/mol. The van der Waals surface area contributed by atoms with Gasteiger partial charge in [0, 0.05) is 6.54 Å². The smallest absolute Gasteiger partial charge is 0.314 e. The van der Waals surface area contributed by atoms with Gasteiger partial charge in [0.1, 0.15) is 6.20 Å². The molecule has 0 bridgehead atoms. The molecule has 0 aromatic carbocycles. The first kappa shape index (κ1) is 13.7. The van der Waals surface area contributed by atoms with Crippen LogP contribution in [0.1, 0.15) is 13.3 Å². The average molecular weight is 299 g/mol. The van der Waals surface area contributed by atoms with Gasteiger partial charge in [0.2, 0.25) is 5.95 Å². The summed E-state index contributed by atoms with van der Waals surface area (Å²) in [5, 5.41) is 16.2. The summed E-state index contributed by atoms with van der Waals surface area (Å²) in [6.07, 6.45) is 2.12. The quantitative estimate of drug-likeness (QED) is 0.674. The Hall–Kier alpha value is -1.73. The fourth-order valence-corrected chi connectivity index (χ4v) is 2.60. The Balaban J connectivity index is 2.48. The van der Waals surface area contributed by atoms with Crippen molar-refractivity contribution >= 4 is 34.6 Å². The SMILES string of the molecule is CCCNc1ncc([N+](=O)[O-])c(-c2sccc2Cl)n1. The second-order valence-electron chi connectivity index (χ2n) is 3.71. The van der Waals surface area contributed by atoms with Crippen LogP contribution in [0.5, 0.6) is 0 Å². The van der Waals surface area contributed by atoms with E-state index in [1.54, 1.807) is 11.4 Å². The van der Waals surface area contributed by atoms with Gasteiger partial charge in [-0.05, 0) is 17.9 Å². The van der Waals surface area contributed by atoms with Crippen LogP contribution in [0, 0.1) is 10.1 Å². The van der Waals surface area contributed by atoms with Crippen molar-refractivity contribution in [2.24, 2.45) is 0 Å². The van der Waals surface area contributed by atoms with E-state index in [1.807, 2.05) is 6.92 Å². The van der Waals surface area contributed by atoms with E-state index >= 15 is 0 Å². The number of halogens is 1. The molecule has 100 valence electrons. The Morgan fingerprint density at radius 2 is 2.37 bits per heavy atom. The Bertz CT molecular complexity index is 602. The number of aromatic nitrogens is 2. The summed E-state index contributed by atoms with van der Waals surface area (Å²) >= 11 is 7.33. The minimum atomic E-state index is -0.505. The highest BCUT2D eigenvalue weighted by atomic mass is 35.5. The van der Waals surface area contributed by atoms with E-state index in [0.29, 0.717) is 22.4 Å². The Kier molecular flexibility index (Phi) is 4.28. The Morgan fingerprint density at radius 3 is 2.95 bits per heavy atom. The molecule has 0 atom stereocenters. The van der Waals surface area contributed by atoms with E-state index in [9.17, 15) is 10.1 Å². The molecular formula is C11H11ClN4O2S. The largest absolute Gasteiger partial charge is 0.354 e. The Morgan fingerprint density at radius 1 is 1.58 bits per heavy atom. The summed E-state index contributed by atoms with van der Waals surface area (Å²) in [5.74, 6) is 0.368. The highest BCUT2D eigenvalue weighted by Gasteiger charge is 2.21. The van der Waals surface area contributed by atoms with Crippen LogP contribution in [-0.4, -0.2) is 21.4 Å². The average Bonchev–Trinajstić information content (AvgIpc) is 2.82. The molecule has 0 saturated carbocycles. The Labute approximate surface area is 118 Å². The molecule has 2 aromatic heterocycles. The summed E-state index contributed by atoms with van der Waals surface area (Å²) in [5.41, 5.74) is 0.102. The zero-order valence-corrected chi connectivity index (χ0v) is 11.7. The van der Waals surface area contributed by atoms with Crippen molar-refractivity contribution < 1.29 is 4.92 Å². The first-order valence-electron chi connectivity index (χ1n) is 5.62. The lowest BCUT2D eigenvalue weighted by Crippen LogP contribution is -2.06. The topological polar surface area (TPSA) is 81.0 Å². The summed E-state index contributed by atoms with van der Waals surface area (Å²) in [6, 6.07) is 1.69. The molecule has 0 unspecified atom stereocenters. The number of nitro groups is 1. The van der Waals surface area contributed by atoms with Gasteiger partial charge in [-0.1, -0.05) is 18.5 Å². The van der Waals surface area contributed by atoms with Gasteiger partial charge in [-0.25, -0.2) is 9.97 Å². The van der Waals surface area contributed by atoms with E-state index in [0.717, 1.165) is 6.42 Å². The summed E-state index contributed by atoms with van der Waals surface area (Å²) < 4.78 is 0. The van der Waals surface area contributed by atoms with Crippen LogP contribution < -0.4 is 5.32 Å². The van der Waals surface area contributed by atoms with Gasteiger partial charge in [-0.2, -0.15) is 0 Å². The lowest BCUT2D eigenvalue weighted by Gasteiger charge is -2.05. The van der Waals surface area contributed by atoms with Crippen molar-refractivity contribution in [1.82, 2.24) is 9.97 Å². The highest BCUT2D eigenvalue weighted by molar-refractivity contribution is 7.14. The van der Waals surface area contributed by atoms with Crippen LogP contribution in [0.3, 0.4) is 0 Å². The number of anilines is 1. The standard InChI is InChI=1S/C11H11ClN4O2S/c1-2-4-13-11-14-6-8(16(17)18)9(15-11)10-7(12)3-5-19-10/h3,5-6H,2,4H2,1H3,(H,13,14,15). The van der Waals surface area contributed by atoms with Gasteiger partial charge < -0.3 is 5.32 Å². The van der Waals surface area contributed by atoms with Crippen molar-refractivity contribution in [3.63, 3.8) is 0 Å². The maximum absolute atomic E-state index is 11.0. The van der Waals surface area contributed by atoms with Crippen molar-refractivity contribution in [2.75, 3.05) is 11.9 Å². The molecule has 2 heterocycles. The predicted molar refractivity (Wildman–Crippen MR) is 75.8 cm³/mol. The lowest BCUT2D eigenvalue weighted by atomic mass is 10.3. The molecule has 0 aliphatic heterocycles. The number of rotatable bonds is 5. The molecule has 19 heavy (non-hydrogen) atoms. The van der Waals surface area contributed by atoms with Crippen molar-refractivity contribution in [2.45, 2.75) is 13.3 Å². The molecular weight excluding hydrogens is 288 g/mol. The molecule has 2 aromatic rings. The third-order valence-electron chi connectivity index (χ3n) is 2.33. The fraction of sp³-hybridized carbons (Fsp3) is 0.273. The van der Waals surface area contributed by atoms with Crippen molar-refractivity contribution in [1.29, 1.82) is 0 Å². The summed E-state index contributed by atoms with van der Waals surface area (Å²) in [4.78, 5) is 19.2. The van der Waals surface area contributed by atoms with Gasteiger partial charge in [-0.3, -0.25) is 10.1 Å². The highest BCUT2D eigenvalue weighted by Crippen LogP contribution is 2.37. The van der Waals surface area contributed by atoms with Crippen molar-refractivity contribution in [3.8, 4) is 10.6 Å². The lowest BCUT2D eigenvalue weighted by molar-refractivity contribution is -0.384. The minimum absolute atomic E-state index is 0.147. The molecule has 8 heteroatoms. The second kappa shape index (κ2) is 5.94. The van der Waals surface area contributed by atoms with Crippen LogP contribution >= 0.6 is 22.9 Å². The zero-order chi connectivity index (χ0) is 13.8. The normalized spacial score (nSPS) is 10.4. The zero-order valence-electron chi connectivity index (χ0n) is 10.1. The van der Waals surface area contributed by atoms with Gasteiger partial charge in [0.05, 0.1) is 14.8 Å². The van der Waals surface area contributed by atoms with Crippen LogP contribution in [0.25, 0.3) is 10.6 Å². The molecule has 0 radical (unpaired) electrons. The molecule has 6 nitrogen and oxygen atoms in total. The number of nitrogens with one attached hydrogen (secondary N) is 1. The second-order valence-corrected chi connectivity index (χ2v) is 5.03. The van der Waals surface area contributed by atoms with Gasteiger partial charge in [0.15, 0.2) is 5.69 Å². The molecule has 0 aliphatic carbocycles. The molecule has 1 N–H and O–H groups in total. The van der Waals surface area contributed by atoms with Crippen LogP contribution in [-0.2, 0) is 0 Å². The molecule has 0 spiro atoms. The van der Waals surface area contributed by atoms with Gasteiger partial charge in [-0.15, -0.1) is 11.3 Å². The van der Waals surface area contributed by atoms with E-state index in [-0.39, 0.29) is 11.4 Å². The number of nitrogens with zero attached hydrogens (tertiary/aromatic N) is 3. The van der Waals surface area contributed by atoms with E-state index < -0.39 is 4.92 Å². The van der Waals surface area contributed by atoms with E-state index in [1.165, 1.54) is 17.5 Å². The molecule has 0 saturated heterocycles. The first-order chi connectivity index (χ1) is 9.13. The minimum Gasteiger partial charge on any atom is -0.354 e. The van der Waals surface area contributed by atoms with Crippen LogP contribution in [0.2, 0.25) is 5.02 Å². The molecule has 0 aliphatic rings.